The molecule has 1 aliphatic heterocycles. The Labute approximate surface area is 234 Å². The largest absolute Gasteiger partial charge is 0.497 e. The van der Waals surface area contributed by atoms with Crippen molar-refractivity contribution in [3.8, 4) is 17.2 Å². The molecule has 40 heavy (non-hydrogen) atoms. The van der Waals surface area contributed by atoms with Crippen LogP contribution in [0.25, 0.3) is 0 Å². The van der Waals surface area contributed by atoms with Crippen molar-refractivity contribution in [2.75, 3.05) is 40.8 Å². The molecule has 3 aromatic carbocycles. The van der Waals surface area contributed by atoms with Crippen LogP contribution in [0.2, 0.25) is 0 Å². The van der Waals surface area contributed by atoms with Gasteiger partial charge in [-0.25, -0.2) is 9.38 Å². The van der Waals surface area contributed by atoms with E-state index in [-0.39, 0.29) is 6.61 Å². The van der Waals surface area contributed by atoms with Crippen LogP contribution in [-0.4, -0.2) is 46.0 Å². The van der Waals surface area contributed by atoms with Gasteiger partial charge in [0.25, 0.3) is 6.02 Å². The van der Waals surface area contributed by atoms with E-state index in [9.17, 15) is 0 Å². The lowest BCUT2D eigenvalue weighted by molar-refractivity contribution is 0.162. The third-order valence-electron chi connectivity index (χ3n) is 6.74. The minimum absolute atomic E-state index is 0.173. The summed E-state index contributed by atoms with van der Waals surface area (Å²) in [6, 6.07) is 16.4. The Hall–Kier alpha value is -4.24. The molecule has 8 nitrogen and oxygen atoms in total. The van der Waals surface area contributed by atoms with Gasteiger partial charge in [-0.3, -0.25) is 0 Å². The SMILES string of the molecule is COCC1=C[C@@](C)(c2cc(N)ccc2F)N=C(N(Cc2ccc(C)cc2OC)Cc2ccc(OC)cc2OC)O1. The molecule has 0 bridgehead atoms. The molecule has 9 heteroatoms. The topological polar surface area (TPSA) is 87.8 Å². The third kappa shape index (κ3) is 6.31. The summed E-state index contributed by atoms with van der Waals surface area (Å²) in [4.78, 5) is 6.92. The predicted molar refractivity (Wildman–Crippen MR) is 153 cm³/mol. The van der Waals surface area contributed by atoms with Crippen molar-refractivity contribution in [3.05, 3.63) is 94.5 Å². The lowest BCUT2D eigenvalue weighted by Crippen LogP contribution is -2.38. The van der Waals surface area contributed by atoms with Crippen LogP contribution in [0, 0.1) is 12.7 Å². The Kier molecular flexibility index (Phi) is 8.84. The highest BCUT2D eigenvalue weighted by atomic mass is 19.1. The highest BCUT2D eigenvalue weighted by Gasteiger charge is 2.35. The van der Waals surface area contributed by atoms with Crippen molar-refractivity contribution in [1.29, 1.82) is 0 Å². The van der Waals surface area contributed by atoms with Crippen LogP contribution in [0.15, 0.2) is 71.4 Å². The van der Waals surface area contributed by atoms with Gasteiger partial charge in [0, 0.05) is 35.6 Å². The quantitative estimate of drug-likeness (QED) is 0.331. The summed E-state index contributed by atoms with van der Waals surface area (Å²) in [5.41, 5.74) is 8.57. The van der Waals surface area contributed by atoms with E-state index in [0.717, 1.165) is 22.4 Å². The highest BCUT2D eigenvalue weighted by Crippen LogP contribution is 2.37. The number of nitrogens with two attached hydrogens (primary N) is 1. The fourth-order valence-electron chi connectivity index (χ4n) is 4.70. The first-order valence-corrected chi connectivity index (χ1v) is 12.8. The number of rotatable bonds is 10. The molecule has 212 valence electrons. The second-order valence-electron chi connectivity index (χ2n) is 9.78. The van der Waals surface area contributed by atoms with Crippen LogP contribution >= 0.6 is 0 Å². The molecule has 1 atom stereocenters. The average molecular weight is 550 g/mol. The number of halogens is 1. The molecule has 0 aliphatic carbocycles. The number of hydrogen-bond acceptors (Lipinski definition) is 8. The first kappa shape index (κ1) is 28.8. The molecule has 0 fully saturated rings. The van der Waals surface area contributed by atoms with Gasteiger partial charge >= 0.3 is 0 Å². The Bertz CT molecular complexity index is 1420. The molecule has 1 heterocycles. The summed E-state index contributed by atoms with van der Waals surface area (Å²) in [7, 11) is 6.43. The van der Waals surface area contributed by atoms with Gasteiger partial charge in [0.05, 0.1) is 34.4 Å². The number of anilines is 1. The van der Waals surface area contributed by atoms with Gasteiger partial charge in [-0.2, -0.15) is 0 Å². The smallest absolute Gasteiger partial charge is 0.294 e. The zero-order valence-corrected chi connectivity index (χ0v) is 23.8. The van der Waals surface area contributed by atoms with Crippen LogP contribution in [-0.2, 0) is 28.1 Å². The number of aliphatic imine (C=N–C) groups is 1. The molecule has 4 rings (SSSR count). The molecule has 3 aromatic rings. The fourth-order valence-corrected chi connectivity index (χ4v) is 4.70. The summed E-state index contributed by atoms with van der Waals surface area (Å²) >= 11 is 0. The number of aryl methyl sites for hydroxylation is 1. The van der Waals surface area contributed by atoms with Crippen molar-refractivity contribution < 1.29 is 28.1 Å². The molecule has 0 saturated carbocycles. The molecular weight excluding hydrogens is 513 g/mol. The van der Waals surface area contributed by atoms with Crippen LogP contribution in [0.1, 0.15) is 29.2 Å². The van der Waals surface area contributed by atoms with Crippen molar-refractivity contribution in [2.24, 2.45) is 4.99 Å². The second-order valence-corrected chi connectivity index (χ2v) is 9.78. The summed E-state index contributed by atoms with van der Waals surface area (Å²) in [6.45, 7) is 4.74. The predicted octanol–water partition coefficient (Wildman–Crippen LogP) is 5.58. The van der Waals surface area contributed by atoms with Crippen molar-refractivity contribution in [3.63, 3.8) is 0 Å². The number of methoxy groups -OCH3 is 4. The Balaban J connectivity index is 1.84. The van der Waals surface area contributed by atoms with Crippen LogP contribution in [0.5, 0.6) is 17.2 Å². The highest BCUT2D eigenvalue weighted by molar-refractivity contribution is 5.77. The molecule has 0 aromatic heterocycles. The van der Waals surface area contributed by atoms with Crippen LogP contribution in [0.3, 0.4) is 0 Å². The lowest BCUT2D eigenvalue weighted by Gasteiger charge is -2.34. The molecule has 1 aliphatic rings. The second kappa shape index (κ2) is 12.3. The van der Waals surface area contributed by atoms with Crippen LogP contribution < -0.4 is 19.9 Å². The number of nitrogen functional groups attached to an aromatic ring is 1. The van der Waals surface area contributed by atoms with E-state index in [0.29, 0.717) is 47.6 Å². The first-order valence-electron chi connectivity index (χ1n) is 12.8. The maximum atomic E-state index is 15.2. The van der Waals surface area contributed by atoms with Gasteiger partial charge < -0.3 is 34.3 Å². The molecule has 0 spiro atoms. The molecular formula is C31H36FN3O5. The molecule has 0 radical (unpaired) electrons. The fraction of sp³-hybridized carbons (Fsp3) is 0.323. The van der Waals surface area contributed by atoms with Gasteiger partial charge in [-0.1, -0.05) is 12.1 Å². The zero-order valence-electron chi connectivity index (χ0n) is 23.8. The van der Waals surface area contributed by atoms with Crippen LogP contribution in [0.4, 0.5) is 10.1 Å². The Morgan fingerprint density at radius 2 is 1.57 bits per heavy atom. The molecule has 2 N–H and O–H groups in total. The third-order valence-corrected chi connectivity index (χ3v) is 6.74. The number of hydrogen-bond donors (Lipinski definition) is 1. The number of benzene rings is 3. The molecule has 0 saturated heterocycles. The maximum absolute atomic E-state index is 15.2. The van der Waals surface area contributed by atoms with Crippen molar-refractivity contribution >= 4 is 11.7 Å². The number of amidine groups is 1. The standard InChI is InChI=1S/C31H36FN3O5/c1-20-7-8-21(28(13-20)38-5)17-35(18-22-9-11-24(37-4)15-29(22)39-6)30-34-31(2,16-25(40-30)19-36-3)26-14-23(33)10-12-27(26)32/h7-16H,17-19,33H2,1-6H3/t31-/m0/s1. The van der Waals surface area contributed by atoms with E-state index in [2.05, 4.69) is 0 Å². The van der Waals surface area contributed by atoms with E-state index >= 15 is 4.39 Å². The molecule has 0 amide bonds. The van der Waals surface area contributed by atoms with Gasteiger partial charge in [-0.15, -0.1) is 0 Å². The van der Waals surface area contributed by atoms with Gasteiger partial charge in [0.1, 0.15) is 41.0 Å². The van der Waals surface area contributed by atoms with Gasteiger partial charge in [0.2, 0.25) is 0 Å². The van der Waals surface area contributed by atoms with Crippen molar-refractivity contribution in [2.45, 2.75) is 32.5 Å². The van der Waals surface area contributed by atoms with E-state index in [1.54, 1.807) is 40.6 Å². The van der Waals surface area contributed by atoms with Gasteiger partial charge in [-0.05, 0) is 61.9 Å². The lowest BCUT2D eigenvalue weighted by atomic mass is 9.90. The summed E-state index contributed by atoms with van der Waals surface area (Å²) in [6.07, 6.45) is 1.76. The minimum Gasteiger partial charge on any atom is -0.497 e. The van der Waals surface area contributed by atoms with E-state index in [1.807, 2.05) is 55.1 Å². The summed E-state index contributed by atoms with van der Waals surface area (Å²) in [5, 5.41) is 0. The minimum atomic E-state index is -1.11. The molecule has 0 unspecified atom stereocenters. The zero-order chi connectivity index (χ0) is 28.9. The Morgan fingerprint density at radius 3 is 2.23 bits per heavy atom. The summed E-state index contributed by atoms with van der Waals surface area (Å²) < 4.78 is 43.6. The Morgan fingerprint density at radius 1 is 0.900 bits per heavy atom. The average Bonchev–Trinajstić information content (AvgIpc) is 2.94. The van der Waals surface area contributed by atoms with E-state index < -0.39 is 11.4 Å². The number of ether oxygens (including phenoxy) is 5. The maximum Gasteiger partial charge on any atom is 0.294 e. The van der Waals surface area contributed by atoms with Gasteiger partial charge in [0.15, 0.2) is 0 Å². The monoisotopic (exact) mass is 549 g/mol. The number of nitrogens with zero attached hydrogens (tertiary/aromatic N) is 2. The van der Waals surface area contributed by atoms with Crippen molar-refractivity contribution in [1.82, 2.24) is 4.90 Å². The van der Waals surface area contributed by atoms with E-state index in [4.69, 9.17) is 34.4 Å². The summed E-state index contributed by atoms with van der Waals surface area (Å²) in [5.74, 6) is 2.14. The van der Waals surface area contributed by atoms with E-state index in [1.165, 1.54) is 12.1 Å². The first-order chi connectivity index (χ1) is 19.2. The normalized spacial score (nSPS) is 16.5.